The van der Waals surface area contributed by atoms with Gasteiger partial charge in [0.25, 0.3) is 5.56 Å². The summed E-state index contributed by atoms with van der Waals surface area (Å²) in [6, 6.07) is 1.52. The Morgan fingerprint density at radius 1 is 1.59 bits per heavy atom. The third-order valence-electron chi connectivity index (χ3n) is 2.99. The molecule has 1 aromatic rings. The summed E-state index contributed by atoms with van der Waals surface area (Å²) in [4.78, 5) is 20.3. The summed E-state index contributed by atoms with van der Waals surface area (Å²) in [7, 11) is 1.94. The molecule has 1 fully saturated rings. The SMILES string of the molecule is Cc1nc(N(C)CC2CCCCO2)cc(=O)[nH]1. The van der Waals surface area contributed by atoms with E-state index < -0.39 is 0 Å². The number of hydrogen-bond donors (Lipinski definition) is 1. The monoisotopic (exact) mass is 237 g/mol. The molecule has 1 aliphatic heterocycles. The summed E-state index contributed by atoms with van der Waals surface area (Å²) in [5.41, 5.74) is -0.107. The van der Waals surface area contributed by atoms with Gasteiger partial charge in [0, 0.05) is 26.3 Å². The van der Waals surface area contributed by atoms with Gasteiger partial charge in [0.2, 0.25) is 0 Å². The van der Waals surface area contributed by atoms with Crippen molar-refractivity contribution in [1.29, 1.82) is 0 Å². The van der Waals surface area contributed by atoms with Gasteiger partial charge in [-0.25, -0.2) is 4.98 Å². The molecule has 1 saturated heterocycles. The van der Waals surface area contributed by atoms with E-state index in [4.69, 9.17) is 4.74 Å². The highest BCUT2D eigenvalue weighted by Gasteiger charge is 2.16. The maximum atomic E-state index is 11.4. The molecule has 1 unspecified atom stereocenters. The Bertz CT molecular complexity index is 424. The Morgan fingerprint density at radius 3 is 3.06 bits per heavy atom. The molecule has 5 nitrogen and oxygen atoms in total. The average molecular weight is 237 g/mol. The Hall–Kier alpha value is -1.36. The highest BCUT2D eigenvalue weighted by atomic mass is 16.5. The molecular formula is C12H19N3O2. The van der Waals surface area contributed by atoms with Gasteiger partial charge in [0.15, 0.2) is 0 Å². The largest absolute Gasteiger partial charge is 0.376 e. The van der Waals surface area contributed by atoms with Crippen molar-refractivity contribution in [3.63, 3.8) is 0 Å². The summed E-state index contributed by atoms with van der Waals surface area (Å²) in [5.74, 6) is 1.35. The Morgan fingerprint density at radius 2 is 2.41 bits per heavy atom. The summed E-state index contributed by atoms with van der Waals surface area (Å²) < 4.78 is 5.68. The van der Waals surface area contributed by atoms with Crippen molar-refractivity contribution in [3.05, 3.63) is 22.2 Å². The minimum absolute atomic E-state index is 0.107. The zero-order chi connectivity index (χ0) is 12.3. The van der Waals surface area contributed by atoms with Gasteiger partial charge in [-0.15, -0.1) is 0 Å². The predicted molar refractivity (Wildman–Crippen MR) is 66.5 cm³/mol. The molecule has 1 aromatic heterocycles. The van der Waals surface area contributed by atoms with E-state index in [1.165, 1.54) is 12.5 Å². The van der Waals surface area contributed by atoms with Gasteiger partial charge >= 0.3 is 0 Å². The lowest BCUT2D eigenvalue weighted by Gasteiger charge is -2.27. The molecule has 1 atom stereocenters. The molecule has 1 N–H and O–H groups in total. The lowest BCUT2D eigenvalue weighted by Crippen LogP contribution is -2.34. The lowest BCUT2D eigenvalue weighted by atomic mass is 10.1. The van der Waals surface area contributed by atoms with Crippen molar-refractivity contribution in [3.8, 4) is 0 Å². The van der Waals surface area contributed by atoms with Crippen LogP contribution in [-0.4, -0.2) is 36.3 Å². The van der Waals surface area contributed by atoms with Gasteiger partial charge in [-0.3, -0.25) is 4.79 Å². The van der Waals surface area contributed by atoms with Crippen molar-refractivity contribution in [2.45, 2.75) is 32.3 Å². The predicted octanol–water partition coefficient (Wildman–Crippen LogP) is 1.08. The van der Waals surface area contributed by atoms with Crippen molar-refractivity contribution >= 4 is 5.82 Å². The van der Waals surface area contributed by atoms with Gasteiger partial charge in [-0.05, 0) is 26.2 Å². The summed E-state index contributed by atoms with van der Waals surface area (Å²) >= 11 is 0. The van der Waals surface area contributed by atoms with E-state index in [1.807, 2.05) is 11.9 Å². The number of rotatable bonds is 3. The molecule has 2 rings (SSSR count). The van der Waals surface area contributed by atoms with Crippen molar-refractivity contribution in [2.24, 2.45) is 0 Å². The highest BCUT2D eigenvalue weighted by molar-refractivity contribution is 5.36. The van der Waals surface area contributed by atoms with Crippen LogP contribution in [0.4, 0.5) is 5.82 Å². The van der Waals surface area contributed by atoms with Crippen molar-refractivity contribution < 1.29 is 4.74 Å². The number of aryl methyl sites for hydroxylation is 1. The fraction of sp³-hybridized carbons (Fsp3) is 0.667. The number of aromatic amines is 1. The number of ether oxygens (including phenoxy) is 1. The maximum absolute atomic E-state index is 11.4. The first-order valence-corrected chi connectivity index (χ1v) is 6.06. The standard InChI is InChI=1S/C12H19N3O2/c1-9-13-11(7-12(16)14-9)15(2)8-10-5-3-4-6-17-10/h7,10H,3-6,8H2,1-2H3,(H,13,14,16). The molecular weight excluding hydrogens is 218 g/mol. The van der Waals surface area contributed by atoms with E-state index in [9.17, 15) is 4.79 Å². The highest BCUT2D eigenvalue weighted by Crippen LogP contribution is 2.15. The fourth-order valence-corrected chi connectivity index (χ4v) is 2.11. The quantitative estimate of drug-likeness (QED) is 0.854. The zero-order valence-electron chi connectivity index (χ0n) is 10.4. The minimum Gasteiger partial charge on any atom is -0.376 e. The Balaban J connectivity index is 2.03. The van der Waals surface area contributed by atoms with Crippen LogP contribution in [0.5, 0.6) is 0 Å². The molecule has 0 bridgehead atoms. The van der Waals surface area contributed by atoms with Crippen LogP contribution >= 0.6 is 0 Å². The van der Waals surface area contributed by atoms with Gasteiger partial charge < -0.3 is 14.6 Å². The second-order valence-electron chi connectivity index (χ2n) is 4.56. The number of nitrogens with one attached hydrogen (secondary N) is 1. The average Bonchev–Trinajstić information content (AvgIpc) is 2.29. The van der Waals surface area contributed by atoms with E-state index in [1.54, 1.807) is 6.92 Å². The van der Waals surface area contributed by atoms with Crippen LogP contribution in [0.15, 0.2) is 10.9 Å². The van der Waals surface area contributed by atoms with E-state index in [0.717, 1.165) is 26.0 Å². The third kappa shape index (κ3) is 3.30. The first kappa shape index (κ1) is 12.1. The summed E-state index contributed by atoms with van der Waals surface area (Å²) in [5, 5.41) is 0. The molecule has 0 saturated carbocycles. The number of hydrogen-bond acceptors (Lipinski definition) is 4. The van der Waals surface area contributed by atoms with Crippen molar-refractivity contribution in [1.82, 2.24) is 9.97 Å². The second kappa shape index (κ2) is 5.31. The first-order valence-electron chi connectivity index (χ1n) is 6.06. The number of nitrogens with zero attached hydrogens (tertiary/aromatic N) is 2. The minimum atomic E-state index is -0.107. The molecule has 94 valence electrons. The number of likely N-dealkylation sites (N-methyl/N-ethyl adjacent to an activating group) is 1. The van der Waals surface area contributed by atoms with Gasteiger partial charge in [-0.1, -0.05) is 0 Å². The molecule has 5 heteroatoms. The smallest absolute Gasteiger partial charge is 0.252 e. The number of anilines is 1. The normalized spacial score (nSPS) is 20.2. The lowest BCUT2D eigenvalue weighted by molar-refractivity contribution is 0.0215. The van der Waals surface area contributed by atoms with E-state index in [0.29, 0.717) is 11.6 Å². The summed E-state index contributed by atoms with van der Waals surface area (Å²) in [6.45, 7) is 3.42. The van der Waals surface area contributed by atoms with Crippen LogP contribution in [-0.2, 0) is 4.74 Å². The van der Waals surface area contributed by atoms with Crippen LogP contribution < -0.4 is 10.5 Å². The molecule has 0 aromatic carbocycles. The van der Waals surface area contributed by atoms with Crippen LogP contribution in [0.1, 0.15) is 25.1 Å². The van der Waals surface area contributed by atoms with Crippen LogP contribution in [0.25, 0.3) is 0 Å². The topological polar surface area (TPSA) is 58.2 Å². The molecule has 0 spiro atoms. The van der Waals surface area contributed by atoms with Crippen LogP contribution in [0.3, 0.4) is 0 Å². The Kier molecular flexibility index (Phi) is 3.78. The maximum Gasteiger partial charge on any atom is 0.252 e. The molecule has 17 heavy (non-hydrogen) atoms. The van der Waals surface area contributed by atoms with E-state index in [2.05, 4.69) is 9.97 Å². The molecule has 0 aliphatic carbocycles. The third-order valence-corrected chi connectivity index (χ3v) is 2.99. The fourth-order valence-electron chi connectivity index (χ4n) is 2.11. The second-order valence-corrected chi connectivity index (χ2v) is 4.56. The number of aromatic nitrogens is 2. The van der Waals surface area contributed by atoms with E-state index >= 15 is 0 Å². The number of H-pyrrole nitrogens is 1. The molecule has 1 aliphatic rings. The molecule has 0 radical (unpaired) electrons. The van der Waals surface area contributed by atoms with Gasteiger partial charge in [0.05, 0.1) is 6.10 Å². The van der Waals surface area contributed by atoms with Gasteiger partial charge in [0.1, 0.15) is 11.6 Å². The first-order chi connectivity index (χ1) is 8.15. The summed E-state index contributed by atoms with van der Waals surface area (Å²) in [6.07, 6.45) is 3.73. The van der Waals surface area contributed by atoms with Crippen LogP contribution in [0, 0.1) is 6.92 Å². The van der Waals surface area contributed by atoms with Gasteiger partial charge in [-0.2, -0.15) is 0 Å². The molecule has 2 heterocycles. The van der Waals surface area contributed by atoms with E-state index in [-0.39, 0.29) is 11.7 Å². The molecule has 0 amide bonds. The Labute approximate surface area is 101 Å². The van der Waals surface area contributed by atoms with Crippen LogP contribution in [0.2, 0.25) is 0 Å². The van der Waals surface area contributed by atoms with Crippen molar-refractivity contribution in [2.75, 3.05) is 25.1 Å². The zero-order valence-corrected chi connectivity index (χ0v) is 10.4.